The Morgan fingerprint density at radius 2 is 2.00 bits per heavy atom. The number of hydrogen-bond donors (Lipinski definition) is 1. The van der Waals surface area contributed by atoms with Crippen molar-refractivity contribution >= 4 is 11.7 Å². The first-order chi connectivity index (χ1) is 9.24. The molecule has 0 saturated carbocycles. The van der Waals surface area contributed by atoms with E-state index in [9.17, 15) is 18.0 Å². The molecule has 0 saturated heterocycles. The van der Waals surface area contributed by atoms with Crippen molar-refractivity contribution in [1.29, 1.82) is 0 Å². The van der Waals surface area contributed by atoms with Crippen LogP contribution >= 0.6 is 0 Å². The molecule has 0 aliphatic heterocycles. The zero-order chi connectivity index (χ0) is 15.3. The van der Waals surface area contributed by atoms with Crippen molar-refractivity contribution in [1.82, 2.24) is 0 Å². The second kappa shape index (κ2) is 6.49. The van der Waals surface area contributed by atoms with E-state index in [2.05, 4.69) is 4.74 Å². The summed E-state index contributed by atoms with van der Waals surface area (Å²) in [5.41, 5.74) is 6.73. The summed E-state index contributed by atoms with van der Waals surface area (Å²) in [4.78, 5) is 11.5. The van der Waals surface area contributed by atoms with Gasteiger partial charge in [-0.15, -0.1) is 0 Å². The Morgan fingerprint density at radius 3 is 2.55 bits per heavy atom. The van der Waals surface area contributed by atoms with Gasteiger partial charge >= 0.3 is 12.1 Å². The number of nitrogen functional groups attached to an aromatic ring is 1. The molecule has 0 amide bonds. The van der Waals surface area contributed by atoms with Gasteiger partial charge in [-0.05, 0) is 31.0 Å². The van der Waals surface area contributed by atoms with Crippen LogP contribution in [0.1, 0.15) is 28.8 Å². The maximum atomic E-state index is 12.0. The number of carbonyl (C=O) groups excluding carboxylic acids is 1. The number of aryl methyl sites for hydroxylation is 1. The fraction of sp³-hybridized carbons (Fsp3) is 0.462. The number of ether oxygens (including phenoxy) is 2. The minimum absolute atomic E-state index is 0.0938. The monoisotopic (exact) mass is 291 g/mol. The molecule has 1 aromatic rings. The van der Waals surface area contributed by atoms with Crippen molar-refractivity contribution in [3.8, 4) is 5.75 Å². The van der Waals surface area contributed by atoms with Gasteiger partial charge in [0.25, 0.3) is 0 Å². The maximum absolute atomic E-state index is 12.0. The van der Waals surface area contributed by atoms with Gasteiger partial charge in [-0.25, -0.2) is 4.79 Å². The molecule has 0 atom stereocenters. The third-order valence-electron chi connectivity index (χ3n) is 2.64. The fourth-order valence-electron chi connectivity index (χ4n) is 1.59. The van der Waals surface area contributed by atoms with E-state index in [1.807, 2.05) is 0 Å². The predicted molar refractivity (Wildman–Crippen MR) is 67.7 cm³/mol. The largest absolute Gasteiger partial charge is 0.494 e. The van der Waals surface area contributed by atoms with E-state index in [4.69, 9.17) is 10.5 Å². The van der Waals surface area contributed by atoms with Gasteiger partial charge in [0.2, 0.25) is 0 Å². The summed E-state index contributed by atoms with van der Waals surface area (Å²) in [7, 11) is 1.22. The van der Waals surface area contributed by atoms with Crippen LogP contribution in [0.15, 0.2) is 12.1 Å². The second-order valence-corrected chi connectivity index (χ2v) is 4.26. The highest BCUT2D eigenvalue weighted by Gasteiger charge is 2.26. The third kappa shape index (κ3) is 4.64. The van der Waals surface area contributed by atoms with Gasteiger partial charge in [0.05, 0.1) is 19.3 Å². The van der Waals surface area contributed by atoms with Crippen LogP contribution in [-0.2, 0) is 4.74 Å². The summed E-state index contributed by atoms with van der Waals surface area (Å²) in [6.45, 7) is 1.58. The normalized spacial score (nSPS) is 11.2. The first-order valence-corrected chi connectivity index (χ1v) is 5.92. The maximum Gasteiger partial charge on any atom is 0.389 e. The molecule has 0 bridgehead atoms. The fourth-order valence-corrected chi connectivity index (χ4v) is 1.59. The Hall–Kier alpha value is -1.92. The smallest absolute Gasteiger partial charge is 0.389 e. The van der Waals surface area contributed by atoms with Gasteiger partial charge in [0.1, 0.15) is 5.75 Å². The molecule has 0 aromatic heterocycles. The van der Waals surface area contributed by atoms with Crippen LogP contribution in [0.3, 0.4) is 0 Å². The van der Waals surface area contributed by atoms with E-state index in [0.29, 0.717) is 11.3 Å². The summed E-state index contributed by atoms with van der Waals surface area (Å²) < 4.78 is 45.7. The average molecular weight is 291 g/mol. The van der Waals surface area contributed by atoms with E-state index in [1.165, 1.54) is 13.2 Å². The summed E-state index contributed by atoms with van der Waals surface area (Å²) >= 11 is 0. The predicted octanol–water partition coefficient (Wildman–Crippen LogP) is 3.09. The van der Waals surface area contributed by atoms with Crippen LogP contribution in [0.4, 0.5) is 18.9 Å². The van der Waals surface area contributed by atoms with Crippen molar-refractivity contribution in [2.45, 2.75) is 25.9 Å². The highest BCUT2D eigenvalue weighted by Crippen LogP contribution is 2.26. The van der Waals surface area contributed by atoms with Crippen molar-refractivity contribution < 1.29 is 27.4 Å². The highest BCUT2D eigenvalue weighted by molar-refractivity contribution is 5.96. The molecule has 20 heavy (non-hydrogen) atoms. The van der Waals surface area contributed by atoms with Crippen LogP contribution in [0.25, 0.3) is 0 Å². The van der Waals surface area contributed by atoms with Gasteiger partial charge in [0.15, 0.2) is 0 Å². The Bertz CT molecular complexity index is 486. The summed E-state index contributed by atoms with van der Waals surface area (Å²) in [5.74, 6) is -0.328. The van der Waals surface area contributed by atoms with Crippen molar-refractivity contribution in [3.05, 3.63) is 23.3 Å². The number of nitrogens with two attached hydrogens (primary N) is 1. The third-order valence-corrected chi connectivity index (χ3v) is 2.64. The van der Waals surface area contributed by atoms with Crippen molar-refractivity contribution in [2.24, 2.45) is 0 Å². The van der Waals surface area contributed by atoms with E-state index < -0.39 is 18.6 Å². The molecule has 0 fully saturated rings. The van der Waals surface area contributed by atoms with Crippen LogP contribution < -0.4 is 10.5 Å². The minimum Gasteiger partial charge on any atom is -0.494 e. The Balaban J connectivity index is 2.72. The Kier molecular flexibility index (Phi) is 5.24. The molecule has 4 nitrogen and oxygen atoms in total. The number of anilines is 1. The standard InChI is InChI=1S/C13H16F3NO3/c1-8-6-9(20-5-3-4-13(14,15)16)7-10(11(8)17)12(18)19-2/h6-7H,3-5,17H2,1-2H3. The molecule has 2 N–H and O–H groups in total. The number of rotatable bonds is 5. The van der Waals surface area contributed by atoms with Crippen LogP contribution in [0.2, 0.25) is 0 Å². The van der Waals surface area contributed by atoms with Crippen molar-refractivity contribution in [3.63, 3.8) is 0 Å². The van der Waals surface area contributed by atoms with Crippen LogP contribution in [-0.4, -0.2) is 25.9 Å². The zero-order valence-electron chi connectivity index (χ0n) is 11.2. The number of halogens is 3. The first-order valence-electron chi connectivity index (χ1n) is 5.92. The van der Waals surface area contributed by atoms with E-state index in [1.54, 1.807) is 13.0 Å². The summed E-state index contributed by atoms with van der Waals surface area (Å²) in [6.07, 6.45) is -5.26. The number of esters is 1. The SMILES string of the molecule is COC(=O)c1cc(OCCCC(F)(F)F)cc(C)c1N. The molecule has 7 heteroatoms. The number of alkyl halides is 3. The number of carbonyl (C=O) groups is 1. The van der Waals surface area contributed by atoms with Gasteiger partial charge in [-0.2, -0.15) is 13.2 Å². The molecule has 0 radical (unpaired) electrons. The first kappa shape index (κ1) is 16.1. The van der Waals surface area contributed by atoms with E-state index in [0.717, 1.165) is 0 Å². The van der Waals surface area contributed by atoms with E-state index >= 15 is 0 Å². The molecule has 0 spiro atoms. The lowest BCUT2D eigenvalue weighted by Gasteiger charge is -2.12. The average Bonchev–Trinajstić information content (AvgIpc) is 2.36. The molecule has 1 aromatic carbocycles. The molecule has 0 aliphatic rings. The highest BCUT2D eigenvalue weighted by atomic mass is 19.4. The number of hydrogen-bond acceptors (Lipinski definition) is 4. The van der Waals surface area contributed by atoms with Crippen molar-refractivity contribution in [2.75, 3.05) is 19.5 Å². The topological polar surface area (TPSA) is 61.5 Å². The molecule has 0 heterocycles. The second-order valence-electron chi connectivity index (χ2n) is 4.26. The molecule has 0 unspecified atom stereocenters. The molecular formula is C13H16F3NO3. The Labute approximate surface area is 114 Å². The zero-order valence-corrected chi connectivity index (χ0v) is 11.2. The summed E-state index contributed by atoms with van der Waals surface area (Å²) in [6, 6.07) is 2.93. The quantitative estimate of drug-likeness (QED) is 0.514. The molecule has 112 valence electrons. The lowest BCUT2D eigenvalue weighted by Crippen LogP contribution is -2.11. The number of methoxy groups -OCH3 is 1. The summed E-state index contributed by atoms with van der Waals surface area (Å²) in [5, 5.41) is 0. The number of benzene rings is 1. The molecule has 0 aliphatic carbocycles. The van der Waals surface area contributed by atoms with Crippen LogP contribution in [0.5, 0.6) is 5.75 Å². The lowest BCUT2D eigenvalue weighted by molar-refractivity contribution is -0.136. The molecule has 1 rings (SSSR count). The Morgan fingerprint density at radius 1 is 1.35 bits per heavy atom. The van der Waals surface area contributed by atoms with Crippen LogP contribution in [0, 0.1) is 6.92 Å². The van der Waals surface area contributed by atoms with Gasteiger partial charge in [-0.1, -0.05) is 0 Å². The van der Waals surface area contributed by atoms with Gasteiger partial charge < -0.3 is 15.2 Å². The van der Waals surface area contributed by atoms with Gasteiger partial charge in [0, 0.05) is 12.1 Å². The molecular weight excluding hydrogens is 275 g/mol. The van der Waals surface area contributed by atoms with Gasteiger partial charge in [-0.3, -0.25) is 0 Å². The van der Waals surface area contributed by atoms with E-state index in [-0.39, 0.29) is 24.3 Å². The minimum atomic E-state index is -4.20. The lowest BCUT2D eigenvalue weighted by atomic mass is 10.1.